The second-order valence-corrected chi connectivity index (χ2v) is 18.2. The van der Waals surface area contributed by atoms with Crippen molar-refractivity contribution in [1.82, 2.24) is 25.4 Å². The molecule has 0 spiro atoms. The van der Waals surface area contributed by atoms with Crippen molar-refractivity contribution in [2.24, 2.45) is 11.8 Å². The lowest BCUT2D eigenvalue weighted by atomic mass is 10.0. The largest absolute Gasteiger partial charge is 0.444 e. The topological polar surface area (TPSA) is 191 Å². The lowest BCUT2D eigenvalue weighted by molar-refractivity contribution is -0.139. The van der Waals surface area contributed by atoms with E-state index in [1.54, 1.807) is 69.5 Å². The van der Waals surface area contributed by atoms with Crippen LogP contribution in [0.15, 0.2) is 48.5 Å². The van der Waals surface area contributed by atoms with Crippen LogP contribution in [-0.4, -0.2) is 99.1 Å². The number of nitrogens with zero attached hydrogens (tertiary/aromatic N) is 2. The number of hydrogen-bond donors (Lipinski definition) is 5. The van der Waals surface area contributed by atoms with Gasteiger partial charge in [0.15, 0.2) is 0 Å². The van der Waals surface area contributed by atoms with Gasteiger partial charge in [-0.25, -0.2) is 9.59 Å². The van der Waals surface area contributed by atoms with E-state index in [1.165, 1.54) is 0 Å². The van der Waals surface area contributed by atoms with Crippen LogP contribution in [0.1, 0.15) is 94.9 Å². The second-order valence-electron chi connectivity index (χ2n) is 18.2. The number of aromatic nitrogens is 1. The molecule has 59 heavy (non-hydrogen) atoms. The first-order valence-electron chi connectivity index (χ1n) is 20.5. The Morgan fingerprint density at radius 2 is 1.08 bits per heavy atom. The first-order valence-corrected chi connectivity index (χ1v) is 20.5. The van der Waals surface area contributed by atoms with Crippen molar-refractivity contribution in [3.8, 4) is 11.3 Å². The molecule has 0 unspecified atom stereocenters. The van der Waals surface area contributed by atoms with Gasteiger partial charge in [-0.2, -0.15) is 0 Å². The van der Waals surface area contributed by atoms with Crippen molar-refractivity contribution in [3.63, 3.8) is 0 Å². The van der Waals surface area contributed by atoms with Crippen molar-refractivity contribution in [2.45, 2.75) is 130 Å². The highest BCUT2D eigenvalue weighted by Crippen LogP contribution is 2.29. The van der Waals surface area contributed by atoms with Gasteiger partial charge in [-0.3, -0.25) is 19.2 Å². The number of nitrogens with one attached hydrogen (secondary N) is 5. The van der Waals surface area contributed by atoms with E-state index in [4.69, 9.17) is 9.47 Å². The molecule has 15 nitrogen and oxygen atoms in total. The molecule has 2 fully saturated rings. The third-order valence-electron chi connectivity index (χ3n) is 10.2. The average Bonchev–Trinajstić information content (AvgIpc) is 3.91. The van der Waals surface area contributed by atoms with Gasteiger partial charge in [0.05, 0.1) is 0 Å². The van der Waals surface area contributed by atoms with E-state index in [9.17, 15) is 28.8 Å². The molecule has 0 aliphatic carbocycles. The minimum absolute atomic E-state index is 0.220. The maximum atomic E-state index is 13.7. The number of carbonyl (C=O) groups is 6. The predicted molar refractivity (Wildman–Crippen MR) is 226 cm³/mol. The fourth-order valence-corrected chi connectivity index (χ4v) is 7.41. The number of benzene rings is 2. The summed E-state index contributed by atoms with van der Waals surface area (Å²) < 4.78 is 10.8. The molecule has 15 heteroatoms. The normalized spacial score (nSPS) is 18.1. The maximum absolute atomic E-state index is 13.7. The molecule has 3 heterocycles. The fourth-order valence-electron chi connectivity index (χ4n) is 7.41. The summed E-state index contributed by atoms with van der Waals surface area (Å²) >= 11 is 0. The summed E-state index contributed by atoms with van der Waals surface area (Å²) in [7, 11) is 0. The molecular weight excluding hydrogens is 755 g/mol. The Labute approximate surface area is 346 Å². The van der Waals surface area contributed by atoms with Gasteiger partial charge in [0.25, 0.3) is 0 Å². The number of aromatic amines is 1. The number of fused-ring (bicyclic) bond motifs is 1. The number of hydrogen-bond acceptors (Lipinski definition) is 8. The molecule has 2 saturated heterocycles. The van der Waals surface area contributed by atoms with Gasteiger partial charge < -0.3 is 45.5 Å². The Hall–Kier alpha value is -5.60. The molecule has 3 aromatic rings. The third kappa shape index (κ3) is 11.5. The van der Waals surface area contributed by atoms with Crippen LogP contribution in [-0.2, 0) is 28.7 Å². The maximum Gasteiger partial charge on any atom is 0.408 e. The molecule has 320 valence electrons. The van der Waals surface area contributed by atoms with E-state index in [1.807, 2.05) is 58.0 Å². The Morgan fingerprint density at radius 1 is 0.644 bits per heavy atom. The number of amides is 6. The van der Waals surface area contributed by atoms with Crippen molar-refractivity contribution >= 4 is 58.1 Å². The smallest absolute Gasteiger partial charge is 0.408 e. The number of ether oxygens (including phenoxy) is 2. The molecule has 5 N–H and O–H groups in total. The van der Waals surface area contributed by atoms with Gasteiger partial charge in [0, 0.05) is 41.1 Å². The van der Waals surface area contributed by atoms with E-state index >= 15 is 0 Å². The molecule has 0 bridgehead atoms. The van der Waals surface area contributed by atoms with Crippen LogP contribution in [0.5, 0.6) is 0 Å². The van der Waals surface area contributed by atoms with Gasteiger partial charge in [-0.15, -0.1) is 0 Å². The van der Waals surface area contributed by atoms with Gasteiger partial charge in [-0.05, 0) is 121 Å². The van der Waals surface area contributed by atoms with E-state index < -0.39 is 47.6 Å². The monoisotopic (exact) mass is 815 g/mol. The molecule has 2 aliphatic rings. The molecule has 2 aromatic carbocycles. The standard InChI is InChI=1S/C44H61N7O8/c1-25(2)35(48-41(56)58-43(5,6)7)39(54)50-21-11-13-33(50)37(52)45-29-17-15-27(16-18-29)32-24-28-23-30(19-20-31(28)47-32)46-38(53)34-14-12-22-51(34)40(55)36(26(3)4)49-42(57)59-44(8,9)10/h15-20,23-26,33-36,47H,11-14,21-22H2,1-10H3,(H,45,52)(H,46,53)(H,48,56)(H,49,57)/t33-,34-,35+,36+/m0/s1. The average molecular weight is 816 g/mol. The van der Waals surface area contributed by atoms with E-state index in [0.29, 0.717) is 50.1 Å². The highest BCUT2D eigenvalue weighted by molar-refractivity contribution is 6.01. The SMILES string of the molecule is CC(C)[C@@H](NC(=O)OC(C)(C)C)C(=O)N1CCC[C@H]1C(=O)Nc1ccc(-c2cc3cc(NC(=O)[C@@H]4CCCN4C(=O)[C@H](NC(=O)OC(C)(C)C)C(C)C)ccc3[nH]2)cc1. The van der Waals surface area contributed by atoms with Gasteiger partial charge in [0.1, 0.15) is 35.4 Å². The van der Waals surface area contributed by atoms with E-state index in [2.05, 4.69) is 26.3 Å². The zero-order valence-corrected chi connectivity index (χ0v) is 36.0. The van der Waals surface area contributed by atoms with Crippen LogP contribution in [0.2, 0.25) is 0 Å². The lowest BCUT2D eigenvalue weighted by Gasteiger charge is -2.31. The highest BCUT2D eigenvalue weighted by Gasteiger charge is 2.41. The summed E-state index contributed by atoms with van der Waals surface area (Å²) in [5.74, 6) is -1.68. The van der Waals surface area contributed by atoms with Crippen molar-refractivity contribution in [1.29, 1.82) is 0 Å². The Balaban J connectivity index is 1.20. The molecule has 5 rings (SSSR count). The van der Waals surface area contributed by atoms with Gasteiger partial charge in [0.2, 0.25) is 23.6 Å². The van der Waals surface area contributed by atoms with Gasteiger partial charge >= 0.3 is 12.2 Å². The van der Waals surface area contributed by atoms with Crippen LogP contribution in [0.4, 0.5) is 21.0 Å². The Bertz CT molecular complexity index is 2030. The van der Waals surface area contributed by atoms with Crippen LogP contribution in [0.3, 0.4) is 0 Å². The molecule has 0 saturated carbocycles. The molecular formula is C44H61N7O8. The van der Waals surface area contributed by atoms with Crippen molar-refractivity contribution in [2.75, 3.05) is 23.7 Å². The molecule has 4 atom stereocenters. The number of alkyl carbamates (subject to hydrolysis) is 2. The van der Waals surface area contributed by atoms with Crippen molar-refractivity contribution in [3.05, 3.63) is 48.5 Å². The molecule has 0 radical (unpaired) electrons. The predicted octanol–water partition coefficient (Wildman–Crippen LogP) is 6.79. The summed E-state index contributed by atoms with van der Waals surface area (Å²) in [6, 6.07) is 11.8. The van der Waals surface area contributed by atoms with E-state index in [0.717, 1.165) is 22.2 Å². The molecule has 6 amide bonds. The van der Waals surface area contributed by atoms with Gasteiger partial charge in [-0.1, -0.05) is 39.8 Å². The van der Waals surface area contributed by atoms with Crippen LogP contribution < -0.4 is 21.3 Å². The lowest BCUT2D eigenvalue weighted by Crippen LogP contribution is -2.55. The zero-order chi connectivity index (χ0) is 43.4. The number of H-pyrrole nitrogens is 1. The minimum atomic E-state index is -0.842. The molecule has 1 aromatic heterocycles. The third-order valence-corrected chi connectivity index (χ3v) is 10.2. The quantitative estimate of drug-likeness (QED) is 0.140. The summed E-state index contributed by atoms with van der Waals surface area (Å²) in [5, 5.41) is 12.2. The van der Waals surface area contributed by atoms with Crippen LogP contribution >= 0.6 is 0 Å². The number of carbonyl (C=O) groups excluding carboxylic acids is 6. The van der Waals surface area contributed by atoms with E-state index in [-0.39, 0.29) is 35.5 Å². The second kappa shape index (κ2) is 18.1. The zero-order valence-electron chi connectivity index (χ0n) is 36.0. The summed E-state index contributed by atoms with van der Waals surface area (Å²) in [5.41, 5.74) is 2.27. The Morgan fingerprint density at radius 3 is 1.53 bits per heavy atom. The van der Waals surface area contributed by atoms with Crippen LogP contribution in [0, 0.1) is 11.8 Å². The Kier molecular flexibility index (Phi) is 13.7. The van der Waals surface area contributed by atoms with Crippen molar-refractivity contribution < 1.29 is 38.2 Å². The number of anilines is 2. The molecule has 2 aliphatic heterocycles. The number of rotatable bonds is 11. The minimum Gasteiger partial charge on any atom is -0.444 e. The first kappa shape index (κ1) is 44.5. The number of likely N-dealkylation sites (tertiary alicyclic amines) is 2. The summed E-state index contributed by atoms with van der Waals surface area (Å²) in [4.78, 5) is 85.9. The summed E-state index contributed by atoms with van der Waals surface area (Å²) in [6.07, 6.45) is 0.980. The highest BCUT2D eigenvalue weighted by atomic mass is 16.6. The first-order chi connectivity index (χ1) is 27.6. The summed E-state index contributed by atoms with van der Waals surface area (Å²) in [6.45, 7) is 18.7. The van der Waals surface area contributed by atoms with Crippen LogP contribution in [0.25, 0.3) is 22.2 Å². The fraction of sp³-hybridized carbons (Fsp3) is 0.545.